The molecular weight excluding hydrogens is 453 g/mol. The summed E-state index contributed by atoms with van der Waals surface area (Å²) >= 11 is 0. The Labute approximate surface area is 211 Å². The number of rotatable bonds is 6. The Bertz CT molecular complexity index is 1350. The summed E-state index contributed by atoms with van der Waals surface area (Å²) in [5.74, 6) is 4.94. The smallest absolute Gasteiger partial charge is 0.322 e. The summed E-state index contributed by atoms with van der Waals surface area (Å²) < 4.78 is 14.0. The molecule has 3 aromatic carbocycles. The quantitative estimate of drug-likeness (QED) is 0.407. The molecule has 5 rings (SSSR count). The Morgan fingerprint density at radius 3 is 2.56 bits per heavy atom. The van der Waals surface area contributed by atoms with Crippen LogP contribution in [-0.4, -0.2) is 46.9 Å². The highest BCUT2D eigenvalue weighted by Crippen LogP contribution is 2.37. The summed E-state index contributed by atoms with van der Waals surface area (Å²) in [6.45, 7) is 4.22. The van der Waals surface area contributed by atoms with Crippen molar-refractivity contribution in [2.75, 3.05) is 19.6 Å². The van der Waals surface area contributed by atoms with Crippen molar-refractivity contribution in [3.63, 3.8) is 0 Å². The van der Waals surface area contributed by atoms with E-state index in [-0.39, 0.29) is 30.6 Å². The van der Waals surface area contributed by atoms with Gasteiger partial charge >= 0.3 is 6.03 Å². The molecule has 2 aliphatic heterocycles. The van der Waals surface area contributed by atoms with E-state index < -0.39 is 11.6 Å². The Morgan fingerprint density at radius 1 is 1.03 bits per heavy atom. The normalized spacial score (nSPS) is 20.9. The van der Waals surface area contributed by atoms with Gasteiger partial charge in [-0.3, -0.25) is 14.6 Å². The molecule has 2 heterocycles. The molecule has 3 amide bonds. The van der Waals surface area contributed by atoms with Crippen molar-refractivity contribution >= 4 is 22.7 Å². The fraction of sp³-hybridized carbons (Fsp3) is 0.333. The molecule has 3 aromatic rings. The van der Waals surface area contributed by atoms with Gasteiger partial charge in [0.25, 0.3) is 5.91 Å². The van der Waals surface area contributed by atoms with Gasteiger partial charge in [-0.15, -0.1) is 5.92 Å². The standard InChI is InChI=1S/C30H30FN3O2/c1-2-3-16-34-28(35)30(32-29(34)36,20-22-8-6-12-26(31)19-22)25-14-17-33(18-15-25)21-24-11-7-10-23-9-4-5-13-27(23)24/h4-13,19,25H,14-18,20-21H2,1H3,(H,32,36). The zero-order chi connectivity index (χ0) is 25.1. The van der Waals surface area contributed by atoms with Gasteiger partial charge in [-0.2, -0.15) is 0 Å². The molecule has 0 bridgehead atoms. The number of benzene rings is 3. The van der Waals surface area contributed by atoms with Crippen molar-refractivity contribution in [1.29, 1.82) is 0 Å². The second-order valence-electron chi connectivity index (χ2n) is 9.71. The molecule has 0 saturated carbocycles. The molecule has 1 atom stereocenters. The van der Waals surface area contributed by atoms with Crippen LogP contribution in [0.3, 0.4) is 0 Å². The van der Waals surface area contributed by atoms with Crippen molar-refractivity contribution in [3.8, 4) is 11.8 Å². The molecule has 0 aliphatic carbocycles. The molecule has 2 fully saturated rings. The number of amides is 3. The van der Waals surface area contributed by atoms with E-state index in [2.05, 4.69) is 64.5 Å². The third kappa shape index (κ3) is 4.59. The number of fused-ring (bicyclic) bond motifs is 1. The zero-order valence-corrected chi connectivity index (χ0v) is 20.5. The molecule has 5 nitrogen and oxygen atoms in total. The number of hydrogen-bond acceptors (Lipinski definition) is 3. The molecule has 2 saturated heterocycles. The number of imide groups is 1. The lowest BCUT2D eigenvalue weighted by atomic mass is 9.74. The number of carbonyl (C=O) groups is 2. The maximum Gasteiger partial charge on any atom is 0.325 e. The van der Waals surface area contributed by atoms with Gasteiger partial charge in [0.1, 0.15) is 11.4 Å². The zero-order valence-electron chi connectivity index (χ0n) is 20.5. The lowest BCUT2D eigenvalue weighted by Crippen LogP contribution is -2.57. The van der Waals surface area contributed by atoms with Crippen molar-refractivity contribution < 1.29 is 14.0 Å². The van der Waals surface area contributed by atoms with Crippen LogP contribution in [0.1, 0.15) is 30.9 Å². The second-order valence-corrected chi connectivity index (χ2v) is 9.71. The summed E-state index contributed by atoms with van der Waals surface area (Å²) in [5.41, 5.74) is 0.895. The molecule has 0 aromatic heterocycles. The lowest BCUT2D eigenvalue weighted by molar-refractivity contribution is -0.133. The van der Waals surface area contributed by atoms with Crippen LogP contribution in [0.15, 0.2) is 66.7 Å². The average molecular weight is 484 g/mol. The summed E-state index contributed by atoms with van der Waals surface area (Å²) in [4.78, 5) is 30.2. The van der Waals surface area contributed by atoms with E-state index in [1.165, 1.54) is 33.4 Å². The van der Waals surface area contributed by atoms with E-state index in [0.717, 1.165) is 32.5 Å². The fourth-order valence-corrected chi connectivity index (χ4v) is 5.71. The first-order valence-electron chi connectivity index (χ1n) is 12.5. The predicted octanol–water partition coefficient (Wildman–Crippen LogP) is 4.75. The van der Waals surface area contributed by atoms with Crippen LogP contribution >= 0.6 is 0 Å². The lowest BCUT2D eigenvalue weighted by Gasteiger charge is -2.41. The molecule has 36 heavy (non-hydrogen) atoms. The predicted molar refractivity (Wildman–Crippen MR) is 138 cm³/mol. The van der Waals surface area contributed by atoms with Crippen LogP contribution in [0.2, 0.25) is 0 Å². The van der Waals surface area contributed by atoms with Gasteiger partial charge in [0.05, 0.1) is 6.54 Å². The van der Waals surface area contributed by atoms with E-state index in [4.69, 9.17) is 0 Å². The number of likely N-dealkylation sites (tertiary alicyclic amines) is 1. The Balaban J connectivity index is 1.37. The number of urea groups is 1. The van der Waals surface area contributed by atoms with Crippen LogP contribution in [0.5, 0.6) is 0 Å². The first-order chi connectivity index (χ1) is 17.5. The van der Waals surface area contributed by atoms with E-state index >= 15 is 0 Å². The molecule has 1 N–H and O–H groups in total. The number of piperidine rings is 1. The van der Waals surface area contributed by atoms with E-state index in [9.17, 15) is 14.0 Å². The SMILES string of the molecule is CC#CCN1C(=O)NC(Cc2cccc(F)c2)(C2CCN(Cc3cccc4ccccc34)CC2)C1=O. The molecule has 6 heteroatoms. The van der Waals surface area contributed by atoms with Gasteiger partial charge in [-0.25, -0.2) is 9.18 Å². The minimum atomic E-state index is -1.09. The van der Waals surface area contributed by atoms with Gasteiger partial charge in [0, 0.05) is 13.0 Å². The van der Waals surface area contributed by atoms with Crippen LogP contribution in [0, 0.1) is 23.6 Å². The summed E-state index contributed by atoms with van der Waals surface area (Å²) in [5, 5.41) is 5.52. The highest BCUT2D eigenvalue weighted by molar-refractivity contribution is 6.07. The third-order valence-corrected chi connectivity index (χ3v) is 7.55. The molecule has 0 radical (unpaired) electrons. The third-order valence-electron chi connectivity index (χ3n) is 7.55. The van der Waals surface area contributed by atoms with Crippen molar-refractivity contribution in [1.82, 2.24) is 15.1 Å². The van der Waals surface area contributed by atoms with Gasteiger partial charge in [0.15, 0.2) is 0 Å². The second kappa shape index (κ2) is 10.1. The van der Waals surface area contributed by atoms with Crippen molar-refractivity contribution in [2.45, 2.75) is 38.3 Å². The van der Waals surface area contributed by atoms with Crippen molar-refractivity contribution in [3.05, 3.63) is 83.7 Å². The minimum Gasteiger partial charge on any atom is -0.322 e. The molecular formula is C30H30FN3O2. The number of nitrogens with zero attached hydrogens (tertiary/aromatic N) is 2. The number of carbonyl (C=O) groups excluding carboxylic acids is 2. The maximum absolute atomic E-state index is 14.0. The topological polar surface area (TPSA) is 52.7 Å². The van der Waals surface area contributed by atoms with Crippen LogP contribution < -0.4 is 5.32 Å². The Hall–Kier alpha value is -3.69. The Morgan fingerprint density at radius 2 is 1.78 bits per heavy atom. The molecule has 0 spiro atoms. The molecule has 2 aliphatic rings. The molecule has 1 unspecified atom stereocenters. The van der Waals surface area contributed by atoms with Gasteiger partial charge < -0.3 is 5.32 Å². The van der Waals surface area contributed by atoms with Crippen LogP contribution in [0.25, 0.3) is 10.8 Å². The largest absolute Gasteiger partial charge is 0.325 e. The first-order valence-corrected chi connectivity index (χ1v) is 12.5. The first kappa shape index (κ1) is 24.0. The summed E-state index contributed by atoms with van der Waals surface area (Å²) in [7, 11) is 0. The monoisotopic (exact) mass is 483 g/mol. The summed E-state index contributed by atoms with van der Waals surface area (Å²) in [6.07, 6.45) is 1.79. The van der Waals surface area contributed by atoms with Crippen molar-refractivity contribution in [2.24, 2.45) is 5.92 Å². The highest BCUT2D eigenvalue weighted by atomic mass is 19.1. The van der Waals surface area contributed by atoms with Gasteiger partial charge in [-0.1, -0.05) is 60.5 Å². The van der Waals surface area contributed by atoms with Gasteiger partial charge in [0.2, 0.25) is 0 Å². The highest BCUT2D eigenvalue weighted by Gasteiger charge is 2.55. The van der Waals surface area contributed by atoms with E-state index in [1.54, 1.807) is 13.0 Å². The van der Waals surface area contributed by atoms with Crippen LogP contribution in [-0.2, 0) is 17.8 Å². The minimum absolute atomic E-state index is 0.0550. The van der Waals surface area contributed by atoms with Crippen LogP contribution in [0.4, 0.5) is 9.18 Å². The average Bonchev–Trinajstić information content (AvgIpc) is 3.12. The number of nitrogens with one attached hydrogen (secondary N) is 1. The van der Waals surface area contributed by atoms with E-state index in [0.29, 0.717) is 5.56 Å². The molecule has 184 valence electrons. The van der Waals surface area contributed by atoms with Gasteiger partial charge in [-0.05, 0) is 72.8 Å². The maximum atomic E-state index is 14.0. The summed E-state index contributed by atoms with van der Waals surface area (Å²) in [6, 6.07) is 20.7. The number of hydrogen-bond donors (Lipinski definition) is 1. The van der Waals surface area contributed by atoms with E-state index in [1.807, 2.05) is 6.07 Å². The Kier molecular flexibility index (Phi) is 6.75. The fourth-order valence-electron chi connectivity index (χ4n) is 5.71. The number of halogens is 1.